The van der Waals surface area contributed by atoms with Crippen LogP contribution in [0.1, 0.15) is 85.2 Å². The first-order valence-electron chi connectivity index (χ1n) is 11.7. The molecule has 0 aliphatic carbocycles. The van der Waals surface area contributed by atoms with Crippen LogP contribution in [0.4, 0.5) is 0 Å². The summed E-state index contributed by atoms with van der Waals surface area (Å²) in [5.74, 6) is 1.66. The maximum absolute atomic E-state index is 12.7. The van der Waals surface area contributed by atoms with Crippen molar-refractivity contribution in [2.75, 3.05) is 6.54 Å². The Labute approximate surface area is 187 Å². The molecule has 0 atom stereocenters. The first kappa shape index (κ1) is 23.9. The van der Waals surface area contributed by atoms with Crippen LogP contribution >= 0.6 is 0 Å². The summed E-state index contributed by atoms with van der Waals surface area (Å²) in [6, 6.07) is 0. The number of aromatic amines is 1. The van der Waals surface area contributed by atoms with Crippen LogP contribution in [0.2, 0.25) is 16.6 Å². The number of oxazole rings is 1. The van der Waals surface area contributed by atoms with Gasteiger partial charge in [-0.15, -0.1) is 0 Å². The van der Waals surface area contributed by atoms with Crippen molar-refractivity contribution in [2.24, 2.45) is 0 Å². The number of hydrogen-bond acceptors (Lipinski definition) is 5. The standard InChI is InChI=1S/C24H40N4O2Si/c1-15(2)31(16(3)4,17(5)6)23-25-12-18(30-23)13-28-11-10-20-19(14-28)21(29)27-22(26-20)24(7,8)9/h12,15-17H,10-11,13-14H2,1-9H3,(H,26,27,29). The average molecular weight is 445 g/mol. The summed E-state index contributed by atoms with van der Waals surface area (Å²) < 4.78 is 6.43. The van der Waals surface area contributed by atoms with Gasteiger partial charge in [-0.1, -0.05) is 62.3 Å². The lowest BCUT2D eigenvalue weighted by Gasteiger charge is -2.39. The number of hydrogen-bond donors (Lipinski definition) is 1. The third kappa shape index (κ3) is 4.44. The van der Waals surface area contributed by atoms with Crippen LogP contribution in [-0.2, 0) is 24.9 Å². The Bertz CT molecular complexity index is 947. The van der Waals surface area contributed by atoms with E-state index < -0.39 is 8.07 Å². The zero-order chi connectivity index (χ0) is 23.1. The van der Waals surface area contributed by atoms with E-state index in [1.165, 1.54) is 0 Å². The van der Waals surface area contributed by atoms with Crippen molar-refractivity contribution >= 4 is 13.6 Å². The largest absolute Gasteiger partial charge is 0.449 e. The fourth-order valence-electron chi connectivity index (χ4n) is 5.51. The second-order valence-electron chi connectivity index (χ2n) is 11.1. The van der Waals surface area contributed by atoms with E-state index in [-0.39, 0.29) is 11.0 Å². The van der Waals surface area contributed by atoms with Gasteiger partial charge in [0.25, 0.3) is 5.56 Å². The Morgan fingerprint density at radius 2 is 1.74 bits per heavy atom. The quantitative estimate of drug-likeness (QED) is 0.664. The topological polar surface area (TPSA) is 75.0 Å². The van der Waals surface area contributed by atoms with E-state index in [0.29, 0.717) is 29.7 Å². The third-order valence-corrected chi connectivity index (χ3v) is 13.7. The van der Waals surface area contributed by atoms with Gasteiger partial charge in [0.1, 0.15) is 11.6 Å². The fourth-order valence-corrected chi connectivity index (χ4v) is 11.6. The third-order valence-electron chi connectivity index (χ3n) is 7.03. The van der Waals surface area contributed by atoms with Crippen molar-refractivity contribution in [2.45, 2.75) is 104 Å². The van der Waals surface area contributed by atoms with E-state index in [1.807, 2.05) is 6.20 Å². The van der Waals surface area contributed by atoms with Gasteiger partial charge in [-0.05, 0) is 16.6 Å². The highest BCUT2D eigenvalue weighted by Gasteiger charge is 2.49. The Morgan fingerprint density at radius 1 is 1.13 bits per heavy atom. The molecule has 0 unspecified atom stereocenters. The van der Waals surface area contributed by atoms with E-state index in [4.69, 9.17) is 14.4 Å². The summed E-state index contributed by atoms with van der Waals surface area (Å²) in [6.45, 7) is 22.3. The fraction of sp³-hybridized carbons (Fsp3) is 0.708. The van der Waals surface area contributed by atoms with Gasteiger partial charge in [0.05, 0.1) is 24.0 Å². The molecule has 6 nitrogen and oxygen atoms in total. The van der Waals surface area contributed by atoms with Crippen LogP contribution < -0.4 is 11.1 Å². The molecule has 0 bridgehead atoms. The van der Waals surface area contributed by atoms with Crippen molar-refractivity contribution in [1.29, 1.82) is 0 Å². The van der Waals surface area contributed by atoms with Gasteiger partial charge in [-0.3, -0.25) is 9.69 Å². The van der Waals surface area contributed by atoms with Crippen molar-refractivity contribution < 1.29 is 4.42 Å². The summed E-state index contributed by atoms with van der Waals surface area (Å²) in [5, 5.41) is 0. The lowest BCUT2D eigenvalue weighted by molar-refractivity contribution is 0.223. The molecular formula is C24H40N4O2Si. The number of nitrogens with zero attached hydrogens (tertiary/aromatic N) is 3. The molecule has 0 spiro atoms. The molecule has 7 heteroatoms. The summed E-state index contributed by atoms with van der Waals surface area (Å²) in [7, 11) is -1.90. The van der Waals surface area contributed by atoms with E-state index in [0.717, 1.165) is 41.3 Å². The molecule has 2 aromatic rings. The molecule has 0 radical (unpaired) electrons. The molecule has 3 rings (SSSR count). The number of fused-ring (bicyclic) bond motifs is 1. The van der Waals surface area contributed by atoms with Crippen LogP contribution in [0.5, 0.6) is 0 Å². The Balaban J connectivity index is 1.82. The predicted molar refractivity (Wildman–Crippen MR) is 129 cm³/mol. The van der Waals surface area contributed by atoms with Crippen LogP contribution in [0.25, 0.3) is 0 Å². The lowest BCUT2D eigenvalue weighted by Crippen LogP contribution is -2.56. The van der Waals surface area contributed by atoms with Gasteiger partial charge in [-0.2, -0.15) is 0 Å². The lowest BCUT2D eigenvalue weighted by atomic mass is 9.95. The van der Waals surface area contributed by atoms with Gasteiger partial charge in [0.2, 0.25) is 0 Å². The highest BCUT2D eigenvalue weighted by molar-refractivity contribution is 6.93. The molecule has 0 saturated carbocycles. The number of aromatic nitrogens is 3. The van der Waals surface area contributed by atoms with E-state index >= 15 is 0 Å². The van der Waals surface area contributed by atoms with Crippen LogP contribution in [0.3, 0.4) is 0 Å². The Kier molecular flexibility index (Phi) is 6.68. The second kappa shape index (κ2) is 8.66. The predicted octanol–water partition coefficient (Wildman–Crippen LogP) is 4.50. The maximum atomic E-state index is 12.7. The Morgan fingerprint density at radius 3 is 2.29 bits per heavy atom. The van der Waals surface area contributed by atoms with Crippen LogP contribution in [-0.4, -0.2) is 34.5 Å². The monoisotopic (exact) mass is 444 g/mol. The molecule has 1 N–H and O–H groups in total. The van der Waals surface area contributed by atoms with Gasteiger partial charge in [0, 0.05) is 24.9 Å². The smallest absolute Gasteiger partial charge is 0.255 e. The SMILES string of the molecule is CC(C)[Si](c1ncc(CN2CCc3nc(C(C)(C)C)[nH]c(=O)c3C2)o1)(C(C)C)C(C)C. The Hall–Kier alpha value is -1.73. The second-order valence-corrected chi connectivity index (χ2v) is 16.8. The highest BCUT2D eigenvalue weighted by atomic mass is 28.3. The van der Waals surface area contributed by atoms with Crippen LogP contribution in [0.15, 0.2) is 15.4 Å². The number of H-pyrrole nitrogens is 1. The highest BCUT2D eigenvalue weighted by Crippen LogP contribution is 2.40. The van der Waals surface area contributed by atoms with Crippen molar-refractivity contribution in [3.05, 3.63) is 39.4 Å². The van der Waals surface area contributed by atoms with Gasteiger partial charge < -0.3 is 9.40 Å². The molecule has 0 aromatic carbocycles. The molecular weight excluding hydrogens is 404 g/mol. The molecule has 0 saturated heterocycles. The number of nitrogens with one attached hydrogen (secondary N) is 1. The van der Waals surface area contributed by atoms with Crippen LogP contribution in [0, 0.1) is 0 Å². The minimum atomic E-state index is -1.90. The van der Waals surface area contributed by atoms with Crippen molar-refractivity contribution in [3.8, 4) is 0 Å². The first-order valence-corrected chi connectivity index (χ1v) is 13.9. The molecule has 3 heterocycles. The first-order chi connectivity index (χ1) is 14.4. The van der Waals surface area contributed by atoms with E-state index in [1.54, 1.807) is 0 Å². The van der Waals surface area contributed by atoms with E-state index in [2.05, 4.69) is 72.2 Å². The number of rotatable bonds is 6. The zero-order valence-corrected chi connectivity index (χ0v) is 21.8. The van der Waals surface area contributed by atoms with Crippen molar-refractivity contribution in [1.82, 2.24) is 19.9 Å². The van der Waals surface area contributed by atoms with Crippen molar-refractivity contribution in [3.63, 3.8) is 0 Å². The molecule has 0 fully saturated rings. The normalized spacial score (nSPS) is 15.9. The van der Waals surface area contributed by atoms with E-state index in [9.17, 15) is 4.79 Å². The summed E-state index contributed by atoms with van der Waals surface area (Å²) in [6.07, 6.45) is 2.69. The van der Waals surface area contributed by atoms with Gasteiger partial charge in [0.15, 0.2) is 13.6 Å². The minimum absolute atomic E-state index is 0.0104. The zero-order valence-electron chi connectivity index (χ0n) is 20.8. The van der Waals surface area contributed by atoms with Gasteiger partial charge >= 0.3 is 0 Å². The molecule has 172 valence electrons. The molecule has 1 aliphatic rings. The molecule has 31 heavy (non-hydrogen) atoms. The minimum Gasteiger partial charge on any atom is -0.449 e. The molecule has 0 amide bonds. The summed E-state index contributed by atoms with van der Waals surface area (Å²) in [5.41, 5.74) is 4.20. The average Bonchev–Trinajstić information content (AvgIpc) is 3.09. The summed E-state index contributed by atoms with van der Waals surface area (Å²) >= 11 is 0. The molecule has 1 aliphatic heterocycles. The van der Waals surface area contributed by atoms with Gasteiger partial charge in [-0.25, -0.2) is 9.97 Å². The molecule has 2 aromatic heterocycles. The maximum Gasteiger partial charge on any atom is 0.255 e. The summed E-state index contributed by atoms with van der Waals surface area (Å²) in [4.78, 5) is 27.6.